The van der Waals surface area contributed by atoms with E-state index in [-0.39, 0.29) is 24.7 Å². The lowest BCUT2D eigenvalue weighted by Gasteiger charge is -2.08. The third kappa shape index (κ3) is 5.32. The number of halogens is 3. The molecule has 0 unspecified atom stereocenters. The van der Waals surface area contributed by atoms with Crippen molar-refractivity contribution in [3.63, 3.8) is 0 Å². The van der Waals surface area contributed by atoms with Crippen LogP contribution < -0.4 is 10.6 Å². The Morgan fingerprint density at radius 3 is 2.43 bits per heavy atom. The van der Waals surface area contributed by atoms with E-state index in [1.807, 2.05) is 0 Å². The number of hydrogen-bond acceptors (Lipinski definition) is 2. The summed E-state index contributed by atoms with van der Waals surface area (Å²) in [5.74, 6) is -2.34. The second-order valence-corrected chi connectivity index (χ2v) is 5.00. The van der Waals surface area contributed by atoms with Gasteiger partial charge in [0.05, 0.1) is 0 Å². The first kappa shape index (κ1) is 16.9. The van der Waals surface area contributed by atoms with Crippen LogP contribution in [0.1, 0.15) is 12.0 Å². The molecule has 0 heterocycles. The number of carbonyl (C=O) groups is 1. The average molecular weight is 322 g/mol. The first-order valence-electron chi connectivity index (χ1n) is 7.25. The van der Waals surface area contributed by atoms with Gasteiger partial charge in [0, 0.05) is 25.2 Å². The molecule has 2 aromatic rings. The number of anilines is 1. The summed E-state index contributed by atoms with van der Waals surface area (Å²) in [5.41, 5.74) is 0.954. The van der Waals surface area contributed by atoms with Gasteiger partial charge in [-0.1, -0.05) is 18.2 Å². The third-order valence-corrected chi connectivity index (χ3v) is 3.28. The Kier molecular flexibility index (Phi) is 6.02. The zero-order valence-electron chi connectivity index (χ0n) is 12.4. The summed E-state index contributed by atoms with van der Waals surface area (Å²) in [6.45, 7) is 0.627. The minimum absolute atomic E-state index is 0.177. The van der Waals surface area contributed by atoms with E-state index in [2.05, 4.69) is 10.6 Å². The van der Waals surface area contributed by atoms with Gasteiger partial charge >= 0.3 is 0 Å². The van der Waals surface area contributed by atoms with Crippen molar-refractivity contribution in [3.05, 3.63) is 65.5 Å². The fraction of sp³-hybridized carbons (Fsp3) is 0.235. The molecule has 0 saturated heterocycles. The van der Waals surface area contributed by atoms with Crippen molar-refractivity contribution < 1.29 is 18.0 Å². The molecular formula is C17H17F3N2O. The van der Waals surface area contributed by atoms with Gasteiger partial charge in [0.25, 0.3) is 0 Å². The number of benzene rings is 2. The van der Waals surface area contributed by atoms with Gasteiger partial charge in [-0.05, 0) is 36.2 Å². The van der Waals surface area contributed by atoms with Crippen molar-refractivity contribution in [2.75, 3.05) is 18.4 Å². The Hall–Kier alpha value is -2.50. The van der Waals surface area contributed by atoms with Crippen LogP contribution in [0.2, 0.25) is 0 Å². The number of amides is 1. The molecule has 0 aliphatic rings. The van der Waals surface area contributed by atoms with Gasteiger partial charge < -0.3 is 10.6 Å². The topological polar surface area (TPSA) is 41.1 Å². The summed E-state index contributed by atoms with van der Waals surface area (Å²) in [4.78, 5) is 11.7. The van der Waals surface area contributed by atoms with Crippen LogP contribution in [0.15, 0.2) is 42.5 Å². The molecule has 0 radical (unpaired) electrons. The Morgan fingerprint density at radius 1 is 0.913 bits per heavy atom. The van der Waals surface area contributed by atoms with E-state index in [1.165, 1.54) is 12.1 Å². The highest BCUT2D eigenvalue weighted by Crippen LogP contribution is 2.12. The lowest BCUT2D eigenvalue weighted by Crippen LogP contribution is -2.27. The first-order chi connectivity index (χ1) is 11.1. The Labute approximate surface area is 132 Å². The maximum atomic E-state index is 13.4. The zero-order valence-corrected chi connectivity index (χ0v) is 12.4. The second kappa shape index (κ2) is 8.22. The molecule has 0 saturated carbocycles. The van der Waals surface area contributed by atoms with Crippen molar-refractivity contribution in [1.29, 1.82) is 0 Å². The predicted molar refractivity (Wildman–Crippen MR) is 82.6 cm³/mol. The molecule has 0 bridgehead atoms. The predicted octanol–water partition coefficient (Wildman–Crippen LogP) is 3.26. The van der Waals surface area contributed by atoms with Gasteiger partial charge in [-0.25, -0.2) is 13.2 Å². The quantitative estimate of drug-likeness (QED) is 0.821. The minimum Gasteiger partial charge on any atom is -0.384 e. The van der Waals surface area contributed by atoms with E-state index in [9.17, 15) is 18.0 Å². The normalized spacial score (nSPS) is 10.4. The van der Waals surface area contributed by atoms with Gasteiger partial charge in [-0.15, -0.1) is 0 Å². The van der Waals surface area contributed by atoms with Crippen LogP contribution >= 0.6 is 0 Å². The summed E-state index contributed by atoms with van der Waals surface area (Å²) >= 11 is 0. The molecule has 2 rings (SSSR count). The standard InChI is InChI=1S/C17H17F3N2O/c18-14-4-2-1-3-12(14)7-9-22-17(23)8-10-21-13-5-6-15(19)16(20)11-13/h1-6,11,21H,7-10H2,(H,22,23). The second-order valence-electron chi connectivity index (χ2n) is 5.00. The highest BCUT2D eigenvalue weighted by Gasteiger charge is 2.05. The maximum Gasteiger partial charge on any atom is 0.221 e. The van der Waals surface area contributed by atoms with Crippen molar-refractivity contribution in [2.24, 2.45) is 0 Å². The van der Waals surface area contributed by atoms with Gasteiger partial charge in [0.1, 0.15) is 5.82 Å². The molecule has 0 fully saturated rings. The summed E-state index contributed by atoms with van der Waals surface area (Å²) < 4.78 is 39.1. The minimum atomic E-state index is -0.940. The first-order valence-corrected chi connectivity index (χ1v) is 7.25. The SMILES string of the molecule is O=C(CCNc1ccc(F)c(F)c1)NCCc1ccccc1F. The van der Waals surface area contributed by atoms with Crippen LogP contribution in [-0.4, -0.2) is 19.0 Å². The number of carbonyl (C=O) groups excluding carboxylic acids is 1. The van der Waals surface area contributed by atoms with Crippen molar-refractivity contribution >= 4 is 11.6 Å². The molecule has 0 aliphatic carbocycles. The molecule has 0 aliphatic heterocycles. The molecule has 6 heteroatoms. The molecule has 0 spiro atoms. The molecule has 2 aromatic carbocycles. The molecule has 0 aromatic heterocycles. The molecule has 0 atom stereocenters. The average Bonchev–Trinajstić information content (AvgIpc) is 2.53. The monoisotopic (exact) mass is 322 g/mol. The fourth-order valence-electron chi connectivity index (χ4n) is 2.05. The largest absolute Gasteiger partial charge is 0.384 e. The van der Waals surface area contributed by atoms with Crippen LogP contribution in [0.3, 0.4) is 0 Å². The summed E-state index contributed by atoms with van der Waals surface area (Å²) in [6.07, 6.45) is 0.589. The highest BCUT2D eigenvalue weighted by molar-refractivity contribution is 5.76. The number of rotatable bonds is 7. The third-order valence-electron chi connectivity index (χ3n) is 3.28. The van der Waals surface area contributed by atoms with Crippen LogP contribution in [0.4, 0.5) is 18.9 Å². The summed E-state index contributed by atoms with van der Waals surface area (Å²) in [7, 11) is 0. The van der Waals surface area contributed by atoms with Gasteiger partial charge in [-0.2, -0.15) is 0 Å². The smallest absolute Gasteiger partial charge is 0.221 e. The van der Waals surface area contributed by atoms with Gasteiger partial charge in [-0.3, -0.25) is 4.79 Å². The van der Waals surface area contributed by atoms with Crippen LogP contribution in [0.5, 0.6) is 0 Å². The van der Waals surface area contributed by atoms with E-state index in [0.29, 0.717) is 24.2 Å². The Bertz CT molecular complexity index is 677. The van der Waals surface area contributed by atoms with Gasteiger partial charge in [0.2, 0.25) is 5.91 Å². The van der Waals surface area contributed by atoms with E-state index in [0.717, 1.165) is 12.1 Å². The fourth-order valence-corrected chi connectivity index (χ4v) is 2.05. The molecular weight excluding hydrogens is 305 g/mol. The van der Waals surface area contributed by atoms with E-state index < -0.39 is 11.6 Å². The lowest BCUT2D eigenvalue weighted by atomic mass is 10.1. The maximum absolute atomic E-state index is 13.4. The molecule has 3 nitrogen and oxygen atoms in total. The van der Waals surface area contributed by atoms with Crippen LogP contribution in [0, 0.1) is 17.5 Å². The van der Waals surface area contributed by atoms with E-state index in [1.54, 1.807) is 18.2 Å². The molecule has 122 valence electrons. The summed E-state index contributed by atoms with van der Waals surface area (Å²) in [5, 5.41) is 5.52. The van der Waals surface area contributed by atoms with E-state index >= 15 is 0 Å². The zero-order chi connectivity index (χ0) is 16.7. The molecule has 1 amide bonds. The van der Waals surface area contributed by atoms with Crippen LogP contribution in [-0.2, 0) is 11.2 Å². The van der Waals surface area contributed by atoms with Crippen LogP contribution in [0.25, 0.3) is 0 Å². The molecule has 2 N–H and O–H groups in total. The molecule has 23 heavy (non-hydrogen) atoms. The number of hydrogen-bond donors (Lipinski definition) is 2. The van der Waals surface area contributed by atoms with Gasteiger partial charge in [0.15, 0.2) is 11.6 Å². The van der Waals surface area contributed by atoms with Crippen molar-refractivity contribution in [1.82, 2.24) is 5.32 Å². The lowest BCUT2D eigenvalue weighted by molar-refractivity contribution is -0.120. The number of nitrogens with one attached hydrogen (secondary N) is 2. The Morgan fingerprint density at radius 2 is 1.70 bits per heavy atom. The highest BCUT2D eigenvalue weighted by atomic mass is 19.2. The summed E-state index contributed by atoms with van der Waals surface area (Å²) in [6, 6.07) is 9.86. The van der Waals surface area contributed by atoms with E-state index in [4.69, 9.17) is 0 Å². The van der Waals surface area contributed by atoms with Crippen molar-refractivity contribution in [3.8, 4) is 0 Å². The Balaban J connectivity index is 1.67. The van der Waals surface area contributed by atoms with Crippen molar-refractivity contribution in [2.45, 2.75) is 12.8 Å².